The predicted octanol–water partition coefficient (Wildman–Crippen LogP) is 4.51. The molecule has 116 valence electrons. The maximum atomic E-state index is 12.6. The summed E-state index contributed by atoms with van der Waals surface area (Å²) in [4.78, 5) is 0. The smallest absolute Gasteiger partial charge is 0.349 e. The Hall–Kier alpha value is 0.0700. The molecule has 0 spiro atoms. The van der Waals surface area contributed by atoms with E-state index < -0.39 is 19.0 Å². The highest BCUT2D eigenvalue weighted by Gasteiger charge is 2.37. The fourth-order valence-corrected chi connectivity index (χ4v) is 2.68. The number of phosphoric ester groups is 1. The lowest BCUT2D eigenvalue weighted by Gasteiger charge is -2.31. The number of ether oxygens (including phenoxy) is 1. The lowest BCUT2D eigenvalue weighted by molar-refractivity contribution is -0.100. The van der Waals surface area contributed by atoms with Crippen LogP contribution >= 0.6 is 7.82 Å². The molecular weight excluding hydrogens is 267 g/mol. The first-order valence-corrected chi connectivity index (χ1v) is 7.88. The van der Waals surface area contributed by atoms with Crippen LogP contribution in [0.3, 0.4) is 0 Å². The van der Waals surface area contributed by atoms with Gasteiger partial charge in [0.15, 0.2) is 6.79 Å². The number of hydrogen-bond donors (Lipinski definition) is 0. The average molecular weight is 296 g/mol. The van der Waals surface area contributed by atoms with Crippen LogP contribution in [-0.4, -0.2) is 23.6 Å². The van der Waals surface area contributed by atoms with Gasteiger partial charge in [-0.15, -0.1) is 0 Å². The van der Waals surface area contributed by atoms with E-state index in [2.05, 4.69) is 0 Å². The van der Waals surface area contributed by atoms with E-state index in [1.54, 1.807) is 41.5 Å². The molecule has 0 N–H and O–H groups in total. The zero-order chi connectivity index (χ0) is 15.5. The SMILES string of the molecule is CC(C)(C)OCOP(=O)(OC(C)(C)C)OC(C)(C)C. The van der Waals surface area contributed by atoms with Gasteiger partial charge < -0.3 is 4.74 Å². The van der Waals surface area contributed by atoms with Crippen LogP contribution in [0.1, 0.15) is 62.3 Å². The van der Waals surface area contributed by atoms with Crippen LogP contribution in [-0.2, 0) is 22.9 Å². The van der Waals surface area contributed by atoms with E-state index in [1.165, 1.54) is 0 Å². The summed E-state index contributed by atoms with van der Waals surface area (Å²) in [5.41, 5.74) is -1.65. The molecule has 0 aromatic carbocycles. The minimum absolute atomic E-state index is 0.146. The van der Waals surface area contributed by atoms with Crippen molar-refractivity contribution in [3.05, 3.63) is 0 Å². The molecule has 0 heterocycles. The maximum Gasteiger partial charge on any atom is 0.477 e. The summed E-state index contributed by atoms with van der Waals surface area (Å²) >= 11 is 0. The Morgan fingerprint density at radius 1 is 0.737 bits per heavy atom. The van der Waals surface area contributed by atoms with E-state index in [4.69, 9.17) is 18.3 Å². The molecule has 0 radical (unpaired) electrons. The topological polar surface area (TPSA) is 54.0 Å². The van der Waals surface area contributed by atoms with Crippen LogP contribution in [0.5, 0.6) is 0 Å². The minimum atomic E-state index is -3.67. The van der Waals surface area contributed by atoms with E-state index in [-0.39, 0.29) is 12.4 Å². The largest absolute Gasteiger partial charge is 0.477 e. The van der Waals surface area contributed by atoms with Gasteiger partial charge in [-0.25, -0.2) is 4.57 Å². The fraction of sp³-hybridized carbons (Fsp3) is 1.00. The molecule has 0 fully saturated rings. The third-order valence-electron chi connectivity index (χ3n) is 1.47. The summed E-state index contributed by atoms with van der Waals surface area (Å²) in [5.74, 6) is 0. The van der Waals surface area contributed by atoms with E-state index in [1.807, 2.05) is 20.8 Å². The van der Waals surface area contributed by atoms with E-state index in [0.717, 1.165) is 0 Å². The van der Waals surface area contributed by atoms with Gasteiger partial charge in [-0.05, 0) is 62.3 Å². The highest BCUT2D eigenvalue weighted by atomic mass is 31.2. The molecule has 0 aliphatic rings. The van der Waals surface area contributed by atoms with Crippen molar-refractivity contribution in [3.63, 3.8) is 0 Å². The van der Waals surface area contributed by atoms with Crippen LogP contribution in [0, 0.1) is 0 Å². The van der Waals surface area contributed by atoms with Gasteiger partial charge in [-0.2, -0.15) is 0 Å². The molecule has 0 bridgehead atoms. The lowest BCUT2D eigenvalue weighted by Crippen LogP contribution is -2.26. The zero-order valence-corrected chi connectivity index (χ0v) is 14.6. The van der Waals surface area contributed by atoms with E-state index >= 15 is 0 Å². The number of hydrogen-bond acceptors (Lipinski definition) is 5. The Balaban J connectivity index is 4.73. The molecular formula is C13H29O5P. The highest BCUT2D eigenvalue weighted by Crippen LogP contribution is 2.55. The summed E-state index contributed by atoms with van der Waals surface area (Å²) in [5, 5.41) is 0. The summed E-state index contributed by atoms with van der Waals surface area (Å²) in [6, 6.07) is 0. The van der Waals surface area contributed by atoms with Crippen molar-refractivity contribution in [1.29, 1.82) is 0 Å². The molecule has 0 aromatic heterocycles. The maximum absolute atomic E-state index is 12.6. The second-order valence-corrected chi connectivity index (χ2v) is 8.88. The number of rotatable bonds is 5. The molecule has 0 unspecified atom stereocenters. The Bertz CT molecular complexity index is 299. The lowest BCUT2D eigenvalue weighted by atomic mass is 10.2. The van der Waals surface area contributed by atoms with Crippen molar-refractivity contribution >= 4 is 7.82 Å². The Kier molecular flexibility index (Phi) is 6.25. The molecule has 6 heteroatoms. The molecule has 19 heavy (non-hydrogen) atoms. The second-order valence-electron chi connectivity index (χ2n) is 7.36. The molecule has 0 atom stereocenters. The highest BCUT2D eigenvalue weighted by molar-refractivity contribution is 7.48. The first-order valence-electron chi connectivity index (χ1n) is 6.42. The van der Waals surface area contributed by atoms with Crippen molar-refractivity contribution in [2.75, 3.05) is 6.79 Å². The van der Waals surface area contributed by atoms with Gasteiger partial charge in [-0.1, -0.05) is 0 Å². The Labute approximate surface area is 117 Å². The quantitative estimate of drug-likeness (QED) is 0.551. The minimum Gasteiger partial charge on any atom is -0.349 e. The summed E-state index contributed by atoms with van der Waals surface area (Å²) in [7, 11) is -3.67. The third-order valence-corrected chi connectivity index (χ3v) is 3.44. The molecule has 0 saturated carbocycles. The molecule has 0 aliphatic carbocycles. The normalized spacial score (nSPS) is 14.8. The summed E-state index contributed by atoms with van der Waals surface area (Å²) in [6.45, 7) is 16.3. The van der Waals surface area contributed by atoms with Crippen molar-refractivity contribution < 1.29 is 22.9 Å². The van der Waals surface area contributed by atoms with Crippen LogP contribution in [0.2, 0.25) is 0 Å². The zero-order valence-electron chi connectivity index (χ0n) is 13.7. The number of phosphoric acid groups is 1. The van der Waals surface area contributed by atoms with Gasteiger partial charge in [-0.3, -0.25) is 13.6 Å². The van der Waals surface area contributed by atoms with Gasteiger partial charge in [0.2, 0.25) is 0 Å². The second kappa shape index (κ2) is 6.23. The van der Waals surface area contributed by atoms with Crippen LogP contribution in [0.25, 0.3) is 0 Å². The van der Waals surface area contributed by atoms with Gasteiger partial charge in [0.05, 0.1) is 16.8 Å². The average Bonchev–Trinajstić information content (AvgIpc) is 1.90. The van der Waals surface area contributed by atoms with Crippen LogP contribution in [0.4, 0.5) is 0 Å². The fourth-order valence-electron chi connectivity index (χ4n) is 1.01. The molecule has 0 aromatic rings. The first-order chi connectivity index (χ1) is 8.12. The molecule has 5 nitrogen and oxygen atoms in total. The third kappa shape index (κ3) is 11.6. The summed E-state index contributed by atoms with van der Waals surface area (Å²) in [6.07, 6.45) is 0. The van der Waals surface area contributed by atoms with Crippen molar-refractivity contribution in [1.82, 2.24) is 0 Å². The van der Waals surface area contributed by atoms with Crippen LogP contribution in [0.15, 0.2) is 0 Å². The Morgan fingerprint density at radius 3 is 1.37 bits per heavy atom. The molecule has 0 saturated heterocycles. The van der Waals surface area contributed by atoms with Crippen LogP contribution < -0.4 is 0 Å². The van der Waals surface area contributed by atoms with Gasteiger partial charge in [0.25, 0.3) is 0 Å². The van der Waals surface area contributed by atoms with Gasteiger partial charge in [0.1, 0.15) is 0 Å². The van der Waals surface area contributed by atoms with Gasteiger partial charge in [0, 0.05) is 0 Å². The molecule has 0 rings (SSSR count). The predicted molar refractivity (Wildman–Crippen MR) is 76.1 cm³/mol. The standard InChI is InChI=1S/C13H29O5P/c1-11(2,3)15-10-16-19(14,17-12(4,5)6)18-13(7,8)9/h10H2,1-9H3. The van der Waals surface area contributed by atoms with Crippen molar-refractivity contribution in [3.8, 4) is 0 Å². The Morgan fingerprint density at radius 2 is 1.11 bits per heavy atom. The van der Waals surface area contributed by atoms with Crippen molar-refractivity contribution in [2.45, 2.75) is 79.1 Å². The van der Waals surface area contributed by atoms with Crippen molar-refractivity contribution in [2.24, 2.45) is 0 Å². The molecule has 0 amide bonds. The van der Waals surface area contributed by atoms with E-state index in [0.29, 0.717) is 0 Å². The summed E-state index contributed by atoms with van der Waals surface area (Å²) < 4.78 is 34.1. The van der Waals surface area contributed by atoms with E-state index in [9.17, 15) is 4.57 Å². The van der Waals surface area contributed by atoms with Gasteiger partial charge >= 0.3 is 7.82 Å². The first kappa shape index (κ1) is 19.1. The molecule has 0 aliphatic heterocycles. The monoisotopic (exact) mass is 296 g/mol.